The molecule has 8 heteroatoms. The van der Waals surface area contributed by atoms with Crippen LogP contribution in [0.15, 0.2) is 0 Å². The van der Waals surface area contributed by atoms with Crippen LogP contribution in [0.3, 0.4) is 0 Å². The van der Waals surface area contributed by atoms with E-state index in [0.29, 0.717) is 0 Å². The third-order valence-electron chi connectivity index (χ3n) is 3.38. The molecule has 1 heterocycles. The Morgan fingerprint density at radius 3 is 2.40 bits per heavy atom. The molecule has 2 atom stereocenters. The normalized spacial score (nSPS) is 21.7. The molecule has 5 nitrogen and oxygen atoms in total. The summed E-state index contributed by atoms with van der Waals surface area (Å²) in [5, 5.41) is 11.2. The van der Waals surface area contributed by atoms with Gasteiger partial charge in [-0.1, -0.05) is 13.8 Å². The second-order valence-electron chi connectivity index (χ2n) is 5.34. The molecule has 20 heavy (non-hydrogen) atoms. The average molecular weight is 296 g/mol. The van der Waals surface area contributed by atoms with E-state index < -0.39 is 36.7 Å². The van der Waals surface area contributed by atoms with Crippen molar-refractivity contribution in [2.24, 2.45) is 11.8 Å². The van der Waals surface area contributed by atoms with Gasteiger partial charge in [0.15, 0.2) is 0 Å². The van der Waals surface area contributed by atoms with Gasteiger partial charge in [0.25, 0.3) is 0 Å². The van der Waals surface area contributed by atoms with Crippen molar-refractivity contribution < 1.29 is 27.9 Å². The molecule has 0 aliphatic carbocycles. The monoisotopic (exact) mass is 296 g/mol. The van der Waals surface area contributed by atoms with Crippen LogP contribution in [0.1, 0.15) is 26.7 Å². The maximum Gasteiger partial charge on any atom is 0.393 e. The highest BCUT2D eigenvalue weighted by molar-refractivity contribution is 5.82. The van der Waals surface area contributed by atoms with Crippen molar-refractivity contribution >= 4 is 12.0 Å². The Kier molecular flexibility index (Phi) is 5.24. The first kappa shape index (κ1) is 16.6. The molecule has 1 unspecified atom stereocenters. The van der Waals surface area contributed by atoms with Gasteiger partial charge >= 0.3 is 18.2 Å². The number of alkyl halides is 3. The van der Waals surface area contributed by atoms with Gasteiger partial charge in [-0.25, -0.2) is 9.59 Å². The molecule has 1 fully saturated rings. The van der Waals surface area contributed by atoms with Crippen LogP contribution in [-0.4, -0.2) is 47.3 Å². The van der Waals surface area contributed by atoms with E-state index in [0.717, 1.165) is 4.90 Å². The zero-order valence-corrected chi connectivity index (χ0v) is 11.4. The number of nitrogens with one attached hydrogen (secondary N) is 1. The third-order valence-corrected chi connectivity index (χ3v) is 3.38. The lowest BCUT2D eigenvalue weighted by Crippen LogP contribution is -2.53. The molecule has 0 aromatic heterocycles. The van der Waals surface area contributed by atoms with Gasteiger partial charge in [0.2, 0.25) is 0 Å². The number of halogens is 3. The number of aliphatic carboxylic acids is 1. The largest absolute Gasteiger partial charge is 0.480 e. The maximum absolute atomic E-state index is 12.6. The van der Waals surface area contributed by atoms with E-state index in [-0.39, 0.29) is 25.3 Å². The molecule has 0 bridgehead atoms. The number of carbonyl (C=O) groups excluding carboxylic acids is 1. The number of carboxylic acid groups (broad SMARTS) is 1. The minimum atomic E-state index is -4.33. The van der Waals surface area contributed by atoms with E-state index in [1.165, 1.54) is 0 Å². The van der Waals surface area contributed by atoms with E-state index in [1.807, 2.05) is 0 Å². The van der Waals surface area contributed by atoms with Crippen LogP contribution in [-0.2, 0) is 4.79 Å². The number of carbonyl (C=O) groups is 2. The molecular formula is C12H19F3N2O3. The van der Waals surface area contributed by atoms with Gasteiger partial charge in [-0.3, -0.25) is 0 Å². The van der Waals surface area contributed by atoms with Crippen LogP contribution in [0.25, 0.3) is 0 Å². The first-order valence-electron chi connectivity index (χ1n) is 6.48. The fourth-order valence-corrected chi connectivity index (χ4v) is 2.17. The molecule has 0 aromatic carbocycles. The van der Waals surface area contributed by atoms with Gasteiger partial charge in [0.05, 0.1) is 5.92 Å². The second-order valence-corrected chi connectivity index (χ2v) is 5.34. The Balaban J connectivity index is 2.65. The molecule has 116 valence electrons. The van der Waals surface area contributed by atoms with Gasteiger partial charge in [-0.15, -0.1) is 0 Å². The fraction of sp³-hybridized carbons (Fsp3) is 0.833. The second kappa shape index (κ2) is 6.32. The quantitative estimate of drug-likeness (QED) is 0.837. The number of piperidine rings is 1. The van der Waals surface area contributed by atoms with Gasteiger partial charge in [0.1, 0.15) is 6.04 Å². The van der Waals surface area contributed by atoms with Crippen molar-refractivity contribution in [2.45, 2.75) is 38.9 Å². The molecule has 2 amide bonds. The lowest BCUT2D eigenvalue weighted by atomic mass is 9.98. The Bertz CT molecular complexity index is 371. The first-order chi connectivity index (χ1) is 9.12. The number of carboxylic acids is 1. The molecule has 1 rings (SSSR count). The lowest BCUT2D eigenvalue weighted by Gasteiger charge is -2.34. The summed E-state index contributed by atoms with van der Waals surface area (Å²) in [7, 11) is 0. The zero-order chi connectivity index (χ0) is 15.5. The number of urea groups is 1. The highest BCUT2D eigenvalue weighted by Crippen LogP contribution is 2.33. The minimum absolute atomic E-state index is 0.000179. The van der Waals surface area contributed by atoms with Gasteiger partial charge in [-0.05, 0) is 18.8 Å². The smallest absolute Gasteiger partial charge is 0.393 e. The molecule has 0 aromatic rings. The Morgan fingerprint density at radius 2 is 1.95 bits per heavy atom. The summed E-state index contributed by atoms with van der Waals surface area (Å²) < 4.78 is 37.9. The third kappa shape index (κ3) is 4.28. The van der Waals surface area contributed by atoms with E-state index in [2.05, 4.69) is 5.32 Å². The van der Waals surface area contributed by atoms with Gasteiger partial charge < -0.3 is 15.3 Å². The molecule has 1 aliphatic heterocycles. The van der Waals surface area contributed by atoms with Crippen LogP contribution in [0.4, 0.5) is 18.0 Å². The summed E-state index contributed by atoms with van der Waals surface area (Å²) in [6.45, 7) is 3.03. The van der Waals surface area contributed by atoms with E-state index in [4.69, 9.17) is 5.11 Å². The Hall–Kier alpha value is -1.47. The number of hydrogen-bond acceptors (Lipinski definition) is 2. The molecule has 2 N–H and O–H groups in total. The Labute approximate surface area is 115 Å². The SMILES string of the molecule is CC(C)[C@@H](NC(=O)N1CCCC(C(F)(F)F)C1)C(=O)O. The minimum Gasteiger partial charge on any atom is -0.480 e. The van der Waals surface area contributed by atoms with Crippen molar-refractivity contribution in [3.8, 4) is 0 Å². The summed E-state index contributed by atoms with van der Waals surface area (Å²) in [5.41, 5.74) is 0. The van der Waals surface area contributed by atoms with Crippen LogP contribution >= 0.6 is 0 Å². The summed E-state index contributed by atoms with van der Waals surface area (Å²) >= 11 is 0. The zero-order valence-electron chi connectivity index (χ0n) is 11.4. The van der Waals surface area contributed by atoms with Crippen LogP contribution in [0.2, 0.25) is 0 Å². The van der Waals surface area contributed by atoms with Crippen molar-refractivity contribution in [1.29, 1.82) is 0 Å². The standard InChI is InChI=1S/C12H19F3N2O3/c1-7(2)9(10(18)19)16-11(20)17-5-3-4-8(6-17)12(13,14)15/h7-9H,3-6H2,1-2H3,(H,16,20)(H,18,19)/t8?,9-/m1/s1. The number of hydrogen-bond donors (Lipinski definition) is 2. The van der Waals surface area contributed by atoms with E-state index in [1.54, 1.807) is 13.8 Å². The summed E-state index contributed by atoms with van der Waals surface area (Å²) in [5.74, 6) is -3.08. The molecule has 1 saturated heterocycles. The van der Waals surface area contributed by atoms with Crippen LogP contribution in [0.5, 0.6) is 0 Å². The highest BCUT2D eigenvalue weighted by Gasteiger charge is 2.43. The summed E-state index contributed by atoms with van der Waals surface area (Å²) in [6, 6.07) is -1.85. The topological polar surface area (TPSA) is 69.6 Å². The molecular weight excluding hydrogens is 277 g/mol. The summed E-state index contributed by atoms with van der Waals surface area (Å²) in [4.78, 5) is 23.9. The molecule has 0 radical (unpaired) electrons. The van der Waals surface area contributed by atoms with Gasteiger partial charge in [0, 0.05) is 13.1 Å². The number of likely N-dealkylation sites (tertiary alicyclic amines) is 1. The molecule has 0 saturated carbocycles. The van der Waals surface area contributed by atoms with Crippen LogP contribution < -0.4 is 5.32 Å². The average Bonchev–Trinajstić information content (AvgIpc) is 2.34. The number of rotatable bonds is 3. The predicted octanol–water partition coefficient (Wildman–Crippen LogP) is 2.08. The van der Waals surface area contributed by atoms with Gasteiger partial charge in [-0.2, -0.15) is 13.2 Å². The van der Waals surface area contributed by atoms with E-state index >= 15 is 0 Å². The lowest BCUT2D eigenvalue weighted by molar-refractivity contribution is -0.184. The summed E-state index contributed by atoms with van der Waals surface area (Å²) in [6.07, 6.45) is -4.07. The first-order valence-corrected chi connectivity index (χ1v) is 6.48. The van der Waals surface area contributed by atoms with Crippen molar-refractivity contribution in [3.05, 3.63) is 0 Å². The molecule has 1 aliphatic rings. The van der Waals surface area contributed by atoms with Crippen molar-refractivity contribution in [2.75, 3.05) is 13.1 Å². The van der Waals surface area contributed by atoms with E-state index in [9.17, 15) is 22.8 Å². The predicted molar refractivity (Wildman–Crippen MR) is 65.1 cm³/mol. The Morgan fingerprint density at radius 1 is 1.35 bits per heavy atom. The van der Waals surface area contributed by atoms with Crippen molar-refractivity contribution in [3.63, 3.8) is 0 Å². The highest BCUT2D eigenvalue weighted by atomic mass is 19.4. The molecule has 0 spiro atoms. The fourth-order valence-electron chi connectivity index (χ4n) is 2.17. The number of amides is 2. The number of nitrogens with zero attached hydrogens (tertiary/aromatic N) is 1. The maximum atomic E-state index is 12.6. The van der Waals surface area contributed by atoms with Crippen molar-refractivity contribution in [1.82, 2.24) is 10.2 Å². The van der Waals surface area contributed by atoms with Crippen LogP contribution in [0, 0.1) is 11.8 Å².